The summed E-state index contributed by atoms with van der Waals surface area (Å²) in [4.78, 5) is 18.9. The highest BCUT2D eigenvalue weighted by molar-refractivity contribution is 5.96. The van der Waals surface area contributed by atoms with Crippen molar-refractivity contribution in [3.8, 4) is 56.5 Å². The number of pyridine rings is 1. The second-order valence-electron chi connectivity index (χ2n) is 10.6. The minimum absolute atomic E-state index is 0.598. The molecule has 0 amide bonds. The van der Waals surface area contributed by atoms with E-state index in [-0.39, 0.29) is 0 Å². The lowest BCUT2D eigenvalue weighted by atomic mass is 10.0. The van der Waals surface area contributed by atoms with Gasteiger partial charge in [0.1, 0.15) is 5.69 Å². The summed E-state index contributed by atoms with van der Waals surface area (Å²) < 4.78 is 2.06. The van der Waals surface area contributed by atoms with Crippen molar-refractivity contribution in [2.45, 2.75) is 13.5 Å². The molecule has 0 aliphatic carbocycles. The second-order valence-corrected chi connectivity index (χ2v) is 10.6. The van der Waals surface area contributed by atoms with E-state index in [2.05, 4.69) is 76.4 Å². The third-order valence-electron chi connectivity index (χ3n) is 7.58. The van der Waals surface area contributed by atoms with E-state index in [0.717, 1.165) is 44.4 Å². The minimum atomic E-state index is 0.598. The topological polar surface area (TPSA) is 69.4 Å². The zero-order valence-corrected chi connectivity index (χ0v) is 24.8. The fourth-order valence-corrected chi connectivity index (χ4v) is 5.35. The van der Waals surface area contributed by atoms with Crippen LogP contribution in [0, 0.1) is 0 Å². The van der Waals surface area contributed by atoms with E-state index < -0.39 is 0 Å². The van der Waals surface area contributed by atoms with Crippen molar-refractivity contribution in [2.75, 3.05) is 0 Å². The van der Waals surface area contributed by atoms with E-state index in [9.17, 15) is 0 Å². The van der Waals surface area contributed by atoms with Gasteiger partial charge in [0.25, 0.3) is 0 Å². The smallest absolute Gasteiger partial charge is 0.164 e. The Balaban J connectivity index is 1.37. The molecule has 216 valence electrons. The molecule has 6 nitrogen and oxygen atoms in total. The van der Waals surface area contributed by atoms with E-state index in [1.54, 1.807) is 12.4 Å². The quantitative estimate of drug-likeness (QED) is 0.167. The lowest BCUT2D eigenvalue weighted by Gasteiger charge is -2.09. The second kappa shape index (κ2) is 12.7. The van der Waals surface area contributed by atoms with Gasteiger partial charge in [0.2, 0.25) is 0 Å². The van der Waals surface area contributed by atoms with Crippen LogP contribution in [-0.4, -0.2) is 29.7 Å². The van der Waals surface area contributed by atoms with Gasteiger partial charge in [0.15, 0.2) is 17.5 Å². The predicted molar refractivity (Wildman–Crippen MR) is 182 cm³/mol. The van der Waals surface area contributed by atoms with E-state index in [1.165, 1.54) is 5.56 Å². The van der Waals surface area contributed by atoms with Gasteiger partial charge in [0.05, 0.1) is 12.1 Å². The molecule has 0 saturated carbocycles. The molecule has 0 fully saturated rings. The number of rotatable bonds is 8. The van der Waals surface area contributed by atoms with Crippen molar-refractivity contribution >= 4 is 10.9 Å². The van der Waals surface area contributed by atoms with Crippen LogP contribution in [-0.2, 0) is 6.54 Å². The largest absolute Gasteiger partial charge is 0.265 e. The van der Waals surface area contributed by atoms with Crippen LogP contribution in [0.25, 0.3) is 67.5 Å². The summed E-state index contributed by atoms with van der Waals surface area (Å²) in [7, 11) is 0. The van der Waals surface area contributed by atoms with Crippen molar-refractivity contribution in [2.24, 2.45) is 0 Å². The lowest BCUT2D eigenvalue weighted by Crippen LogP contribution is -2.00. The summed E-state index contributed by atoms with van der Waals surface area (Å²) in [5, 5.41) is 6.23. The predicted octanol–water partition coefficient (Wildman–Crippen LogP) is 9.08. The average molecular weight is 583 g/mol. The van der Waals surface area contributed by atoms with Gasteiger partial charge < -0.3 is 0 Å². The van der Waals surface area contributed by atoms with Crippen molar-refractivity contribution in [3.05, 3.63) is 152 Å². The maximum Gasteiger partial charge on any atom is 0.164 e. The van der Waals surface area contributed by atoms with Crippen molar-refractivity contribution in [1.82, 2.24) is 29.7 Å². The average Bonchev–Trinajstić information content (AvgIpc) is 3.49. The summed E-state index contributed by atoms with van der Waals surface area (Å²) in [6.07, 6.45) is 11.7. The fraction of sp³-hybridized carbons (Fsp3) is 0.0513. The summed E-state index contributed by atoms with van der Waals surface area (Å²) in [5.41, 5.74) is 7.99. The SMILES string of the molecule is C/C=C\C=C/Cn1nc(-c2cccc(-c3nc(-c4ccccc4)nc(-c4ccncc4)n3)c2)c2cc(-c3ccccc3)ccc21. The van der Waals surface area contributed by atoms with Crippen molar-refractivity contribution in [1.29, 1.82) is 0 Å². The van der Waals surface area contributed by atoms with Gasteiger partial charge in [-0.15, -0.1) is 0 Å². The third kappa shape index (κ3) is 5.94. The molecule has 7 rings (SSSR count). The molecule has 0 N–H and O–H groups in total. The van der Waals surface area contributed by atoms with Crippen LogP contribution in [0.4, 0.5) is 0 Å². The van der Waals surface area contributed by atoms with Gasteiger partial charge in [-0.05, 0) is 48.4 Å². The highest BCUT2D eigenvalue weighted by atomic mass is 15.3. The van der Waals surface area contributed by atoms with E-state index >= 15 is 0 Å². The molecule has 3 aromatic heterocycles. The molecule has 0 unspecified atom stereocenters. The number of hydrogen-bond donors (Lipinski definition) is 0. The molecular weight excluding hydrogens is 552 g/mol. The zero-order chi connectivity index (χ0) is 30.4. The van der Waals surface area contributed by atoms with E-state index in [0.29, 0.717) is 24.0 Å². The Bertz CT molecular complexity index is 2070. The molecule has 0 saturated heterocycles. The first kappa shape index (κ1) is 27.8. The fourth-order valence-electron chi connectivity index (χ4n) is 5.35. The number of allylic oxidation sites excluding steroid dienone is 4. The molecule has 0 spiro atoms. The molecule has 45 heavy (non-hydrogen) atoms. The Hall–Kier alpha value is -6.01. The monoisotopic (exact) mass is 582 g/mol. The Kier molecular flexibility index (Phi) is 7.84. The number of aromatic nitrogens is 6. The van der Waals surface area contributed by atoms with Crippen LogP contribution < -0.4 is 0 Å². The highest BCUT2D eigenvalue weighted by Crippen LogP contribution is 2.34. The van der Waals surface area contributed by atoms with Crippen LogP contribution in [0.3, 0.4) is 0 Å². The first-order valence-corrected chi connectivity index (χ1v) is 14.9. The summed E-state index contributed by atoms with van der Waals surface area (Å²) in [6, 6.07) is 39.2. The van der Waals surface area contributed by atoms with Gasteiger partial charge in [-0.1, -0.05) is 109 Å². The van der Waals surface area contributed by atoms with Crippen LogP contribution in [0.2, 0.25) is 0 Å². The normalized spacial score (nSPS) is 11.6. The maximum atomic E-state index is 5.14. The van der Waals surface area contributed by atoms with Crippen LogP contribution in [0.15, 0.2) is 152 Å². The molecule has 0 radical (unpaired) electrons. The Morgan fingerprint density at radius 2 is 1.18 bits per heavy atom. The van der Waals surface area contributed by atoms with E-state index in [1.807, 2.05) is 79.7 Å². The molecule has 3 heterocycles. The molecule has 0 aliphatic heterocycles. The van der Waals surface area contributed by atoms with Gasteiger partial charge >= 0.3 is 0 Å². The van der Waals surface area contributed by atoms with Crippen LogP contribution >= 0.6 is 0 Å². The van der Waals surface area contributed by atoms with Gasteiger partial charge in [-0.3, -0.25) is 9.67 Å². The molecule has 0 bridgehead atoms. The van der Waals surface area contributed by atoms with Crippen molar-refractivity contribution < 1.29 is 0 Å². The number of hydrogen-bond acceptors (Lipinski definition) is 5. The minimum Gasteiger partial charge on any atom is -0.265 e. The molecule has 6 heteroatoms. The number of fused-ring (bicyclic) bond motifs is 1. The highest BCUT2D eigenvalue weighted by Gasteiger charge is 2.16. The summed E-state index contributed by atoms with van der Waals surface area (Å²) in [5.74, 6) is 1.82. The summed E-state index contributed by atoms with van der Waals surface area (Å²) in [6.45, 7) is 2.67. The first-order chi connectivity index (χ1) is 22.3. The third-order valence-corrected chi connectivity index (χ3v) is 7.58. The molecule has 0 atom stereocenters. The Morgan fingerprint density at radius 3 is 1.89 bits per heavy atom. The standard InChI is InChI=1S/C39H30N6/c1-2-3-4-11-25-45-35-20-19-31(28-13-7-5-8-14-28)27-34(35)36(44-45)32-17-12-18-33(26-32)39-42-37(29-15-9-6-10-16-29)41-38(43-39)30-21-23-40-24-22-30/h2-24,26-27H,25H2,1H3/b3-2-,11-4-. The molecular formula is C39H30N6. The molecule has 0 aliphatic rings. The summed E-state index contributed by atoms with van der Waals surface area (Å²) >= 11 is 0. The Morgan fingerprint density at radius 1 is 0.556 bits per heavy atom. The van der Waals surface area contributed by atoms with Gasteiger partial charge in [-0.2, -0.15) is 5.10 Å². The van der Waals surface area contributed by atoms with Gasteiger partial charge in [-0.25, -0.2) is 15.0 Å². The van der Waals surface area contributed by atoms with E-state index in [4.69, 9.17) is 20.1 Å². The zero-order valence-electron chi connectivity index (χ0n) is 24.8. The van der Waals surface area contributed by atoms with Crippen molar-refractivity contribution in [3.63, 3.8) is 0 Å². The lowest BCUT2D eigenvalue weighted by molar-refractivity contribution is 0.731. The van der Waals surface area contributed by atoms with Gasteiger partial charge in [0, 0.05) is 40.0 Å². The molecule has 7 aromatic rings. The maximum absolute atomic E-state index is 5.14. The number of nitrogens with zero attached hydrogens (tertiary/aromatic N) is 6. The molecule has 4 aromatic carbocycles. The number of benzene rings is 4. The van der Waals surface area contributed by atoms with Crippen LogP contribution in [0.5, 0.6) is 0 Å². The Labute approximate surface area is 262 Å². The van der Waals surface area contributed by atoms with Crippen LogP contribution in [0.1, 0.15) is 6.92 Å². The first-order valence-electron chi connectivity index (χ1n) is 14.9.